The van der Waals surface area contributed by atoms with E-state index in [9.17, 15) is 8.42 Å². The highest BCUT2D eigenvalue weighted by Crippen LogP contribution is 2.19. The second kappa shape index (κ2) is 5.06. The minimum absolute atomic E-state index is 0.418. The Labute approximate surface area is 106 Å². The lowest BCUT2D eigenvalue weighted by atomic mass is 10.00. The van der Waals surface area contributed by atoms with Gasteiger partial charge >= 0.3 is 0 Å². The van der Waals surface area contributed by atoms with Crippen molar-refractivity contribution in [3.63, 3.8) is 0 Å². The lowest BCUT2D eigenvalue weighted by molar-refractivity contribution is 0.476. The van der Waals surface area contributed by atoms with E-state index >= 15 is 0 Å². The summed E-state index contributed by atoms with van der Waals surface area (Å²) in [7, 11) is -4.02. The van der Waals surface area contributed by atoms with Crippen molar-refractivity contribution >= 4 is 20.9 Å². The smallest absolute Gasteiger partial charge is 0.266 e. The van der Waals surface area contributed by atoms with Crippen LogP contribution in [-0.2, 0) is 16.5 Å². The lowest BCUT2D eigenvalue weighted by Crippen LogP contribution is -2.31. The van der Waals surface area contributed by atoms with Crippen LogP contribution in [0.1, 0.15) is 5.56 Å². The predicted molar refractivity (Wildman–Crippen MR) is 72.0 cm³/mol. The van der Waals surface area contributed by atoms with Crippen molar-refractivity contribution in [1.29, 1.82) is 0 Å². The van der Waals surface area contributed by atoms with Crippen molar-refractivity contribution in [2.24, 2.45) is 5.73 Å². The summed E-state index contributed by atoms with van der Waals surface area (Å²) in [5.74, 6) is -0.420. The SMILES string of the molecule is N[C@@H](Cc1cccc2ccccc12)CS(=O)(=O)O. The zero-order valence-corrected chi connectivity index (χ0v) is 10.6. The molecule has 2 rings (SSSR count). The van der Waals surface area contributed by atoms with Crippen molar-refractivity contribution in [3.05, 3.63) is 48.0 Å². The van der Waals surface area contributed by atoms with Crippen LogP contribution in [0.3, 0.4) is 0 Å². The van der Waals surface area contributed by atoms with Crippen molar-refractivity contribution in [2.75, 3.05) is 5.75 Å². The average molecular weight is 265 g/mol. The van der Waals surface area contributed by atoms with Gasteiger partial charge in [-0.05, 0) is 22.8 Å². The fourth-order valence-corrected chi connectivity index (χ4v) is 2.74. The topological polar surface area (TPSA) is 80.4 Å². The van der Waals surface area contributed by atoms with Gasteiger partial charge in [-0.1, -0.05) is 42.5 Å². The molecule has 1 atom stereocenters. The molecule has 0 heterocycles. The first kappa shape index (κ1) is 13.0. The summed E-state index contributed by atoms with van der Waals surface area (Å²) >= 11 is 0. The summed E-state index contributed by atoms with van der Waals surface area (Å²) in [4.78, 5) is 0. The van der Waals surface area contributed by atoms with Crippen molar-refractivity contribution < 1.29 is 13.0 Å². The molecular formula is C13H15NO3S. The maximum absolute atomic E-state index is 10.8. The monoisotopic (exact) mass is 265 g/mol. The molecule has 0 aliphatic rings. The molecule has 0 fully saturated rings. The van der Waals surface area contributed by atoms with Crippen LogP contribution >= 0.6 is 0 Å². The maximum Gasteiger partial charge on any atom is 0.266 e. The number of rotatable bonds is 4. The second-order valence-corrected chi connectivity index (χ2v) is 5.85. The van der Waals surface area contributed by atoms with Gasteiger partial charge in [0.05, 0.1) is 5.75 Å². The van der Waals surface area contributed by atoms with Gasteiger partial charge in [-0.2, -0.15) is 8.42 Å². The van der Waals surface area contributed by atoms with Gasteiger partial charge in [0.2, 0.25) is 0 Å². The molecule has 0 saturated heterocycles. The number of fused-ring (bicyclic) bond motifs is 1. The standard InChI is InChI=1S/C13H15NO3S/c14-12(9-18(15,16)17)8-11-6-3-5-10-4-1-2-7-13(10)11/h1-7,12H,8-9,14H2,(H,15,16,17)/t12-/m0/s1. The molecule has 0 spiro atoms. The van der Waals surface area contributed by atoms with Gasteiger partial charge in [0, 0.05) is 6.04 Å². The first-order chi connectivity index (χ1) is 8.46. The van der Waals surface area contributed by atoms with Crippen molar-refractivity contribution in [2.45, 2.75) is 12.5 Å². The summed E-state index contributed by atoms with van der Waals surface area (Å²) in [5.41, 5.74) is 6.73. The molecule has 0 aliphatic carbocycles. The van der Waals surface area contributed by atoms with Crippen LogP contribution in [0.4, 0.5) is 0 Å². The van der Waals surface area contributed by atoms with E-state index < -0.39 is 21.9 Å². The third-order valence-electron chi connectivity index (χ3n) is 2.79. The minimum Gasteiger partial charge on any atom is -0.326 e. The summed E-state index contributed by atoms with van der Waals surface area (Å²) < 4.78 is 30.3. The maximum atomic E-state index is 10.8. The quantitative estimate of drug-likeness (QED) is 0.823. The third kappa shape index (κ3) is 3.29. The predicted octanol–water partition coefficient (Wildman–Crippen LogP) is 1.60. The first-order valence-corrected chi connectivity index (χ1v) is 7.24. The van der Waals surface area contributed by atoms with E-state index in [1.807, 2.05) is 42.5 Å². The summed E-state index contributed by atoms with van der Waals surface area (Å²) in [6.07, 6.45) is 0.418. The van der Waals surface area contributed by atoms with Crippen LogP contribution in [0.2, 0.25) is 0 Å². The fourth-order valence-electron chi connectivity index (χ4n) is 2.08. The molecular weight excluding hydrogens is 250 g/mol. The van der Waals surface area contributed by atoms with E-state index in [2.05, 4.69) is 0 Å². The molecule has 0 radical (unpaired) electrons. The van der Waals surface area contributed by atoms with Gasteiger partial charge < -0.3 is 5.73 Å². The molecule has 2 aromatic rings. The zero-order chi connectivity index (χ0) is 13.2. The van der Waals surface area contributed by atoms with Crippen LogP contribution in [0.5, 0.6) is 0 Å². The minimum atomic E-state index is -4.02. The number of hydrogen-bond donors (Lipinski definition) is 2. The van der Waals surface area contributed by atoms with Crippen LogP contribution in [0.25, 0.3) is 10.8 Å². The number of nitrogens with two attached hydrogens (primary N) is 1. The molecule has 2 aromatic carbocycles. The van der Waals surface area contributed by atoms with Gasteiger partial charge in [0.25, 0.3) is 10.1 Å². The van der Waals surface area contributed by atoms with E-state index in [4.69, 9.17) is 10.3 Å². The second-order valence-electron chi connectivity index (χ2n) is 4.35. The Kier molecular flexibility index (Phi) is 3.65. The normalized spacial score (nSPS) is 13.7. The van der Waals surface area contributed by atoms with Gasteiger partial charge in [-0.25, -0.2) is 0 Å². The Morgan fingerprint density at radius 2 is 1.78 bits per heavy atom. The number of hydrogen-bond acceptors (Lipinski definition) is 3. The van der Waals surface area contributed by atoms with Crippen LogP contribution in [0.15, 0.2) is 42.5 Å². The third-order valence-corrected chi connectivity index (χ3v) is 3.64. The van der Waals surface area contributed by atoms with E-state index in [1.165, 1.54) is 0 Å². The average Bonchev–Trinajstić information content (AvgIpc) is 2.27. The number of benzene rings is 2. The molecule has 0 aromatic heterocycles. The Hall–Kier alpha value is -1.43. The van der Waals surface area contributed by atoms with Gasteiger partial charge in [0.1, 0.15) is 0 Å². The van der Waals surface area contributed by atoms with Crippen LogP contribution < -0.4 is 5.73 Å². The van der Waals surface area contributed by atoms with E-state index in [0.717, 1.165) is 16.3 Å². The Balaban J connectivity index is 2.27. The van der Waals surface area contributed by atoms with Crippen molar-refractivity contribution in [1.82, 2.24) is 0 Å². The lowest BCUT2D eigenvalue weighted by Gasteiger charge is -2.11. The van der Waals surface area contributed by atoms with Gasteiger partial charge in [-0.15, -0.1) is 0 Å². The highest BCUT2D eigenvalue weighted by molar-refractivity contribution is 7.85. The molecule has 96 valence electrons. The highest BCUT2D eigenvalue weighted by atomic mass is 32.2. The highest BCUT2D eigenvalue weighted by Gasteiger charge is 2.14. The van der Waals surface area contributed by atoms with Crippen LogP contribution in [0, 0.1) is 0 Å². The molecule has 4 nitrogen and oxygen atoms in total. The van der Waals surface area contributed by atoms with E-state index in [0.29, 0.717) is 6.42 Å². The Morgan fingerprint density at radius 1 is 1.11 bits per heavy atom. The Morgan fingerprint density at radius 3 is 2.50 bits per heavy atom. The molecule has 18 heavy (non-hydrogen) atoms. The van der Waals surface area contributed by atoms with E-state index in [-0.39, 0.29) is 0 Å². The zero-order valence-electron chi connectivity index (χ0n) is 9.78. The molecule has 0 unspecified atom stereocenters. The van der Waals surface area contributed by atoms with Crippen molar-refractivity contribution in [3.8, 4) is 0 Å². The molecule has 0 bridgehead atoms. The molecule has 0 saturated carbocycles. The van der Waals surface area contributed by atoms with E-state index in [1.54, 1.807) is 0 Å². The molecule has 0 amide bonds. The first-order valence-electron chi connectivity index (χ1n) is 5.63. The largest absolute Gasteiger partial charge is 0.326 e. The molecule has 0 aliphatic heterocycles. The summed E-state index contributed by atoms with van der Waals surface area (Å²) in [5, 5.41) is 2.15. The Bertz CT molecular complexity index is 647. The summed E-state index contributed by atoms with van der Waals surface area (Å²) in [6.45, 7) is 0. The fraction of sp³-hybridized carbons (Fsp3) is 0.231. The van der Waals surface area contributed by atoms with Gasteiger partial charge in [-0.3, -0.25) is 4.55 Å². The molecule has 5 heteroatoms. The van der Waals surface area contributed by atoms with Gasteiger partial charge in [0.15, 0.2) is 0 Å². The van der Waals surface area contributed by atoms with Crippen LogP contribution in [-0.4, -0.2) is 24.8 Å². The molecule has 3 N–H and O–H groups in total. The summed E-state index contributed by atoms with van der Waals surface area (Å²) in [6, 6.07) is 13.1.